The smallest absolute Gasteiger partial charge is 0.334 e. The zero-order valence-corrected chi connectivity index (χ0v) is 11.9. The molecule has 0 unspecified atom stereocenters. The fourth-order valence-corrected chi connectivity index (χ4v) is 3.20. The molecule has 1 saturated heterocycles. The van der Waals surface area contributed by atoms with Gasteiger partial charge in [0.2, 0.25) is 5.78 Å². The number of hydrogen-bond acceptors (Lipinski definition) is 6. The zero-order chi connectivity index (χ0) is 15.8. The normalized spacial score (nSPS) is 33.5. The van der Waals surface area contributed by atoms with Gasteiger partial charge in [0.25, 0.3) is 5.91 Å². The molecule has 1 aliphatic carbocycles. The Morgan fingerprint density at radius 2 is 1.86 bits per heavy atom. The highest BCUT2D eigenvalue weighted by molar-refractivity contribution is 6.47. The standard InChI is InChI=1S/C14H17NO6/c1-4-8-7-13(11(18)20-5-2)9(16)10(17)15-14(8,13)12(19)21-6-3/h4,8H,1,5-7H2,2-3H3,(H,15,17)/t8-,13+,14-/m0/s1. The van der Waals surface area contributed by atoms with E-state index in [2.05, 4.69) is 11.9 Å². The highest BCUT2D eigenvalue weighted by atomic mass is 16.5. The van der Waals surface area contributed by atoms with Crippen LogP contribution in [0.25, 0.3) is 0 Å². The van der Waals surface area contributed by atoms with Crippen LogP contribution < -0.4 is 5.32 Å². The summed E-state index contributed by atoms with van der Waals surface area (Å²) in [5.74, 6) is -4.17. The quantitative estimate of drug-likeness (QED) is 0.325. The van der Waals surface area contributed by atoms with Crippen molar-refractivity contribution in [1.82, 2.24) is 5.32 Å². The Bertz CT molecular complexity index is 542. The summed E-state index contributed by atoms with van der Waals surface area (Å²) in [6.45, 7) is 6.88. The third kappa shape index (κ3) is 1.60. The molecular formula is C14H17NO6. The minimum Gasteiger partial charge on any atom is -0.465 e. The molecule has 2 fully saturated rings. The number of amides is 1. The van der Waals surface area contributed by atoms with Gasteiger partial charge in [0, 0.05) is 5.92 Å². The fraction of sp³-hybridized carbons (Fsp3) is 0.571. The van der Waals surface area contributed by atoms with E-state index < -0.39 is 40.5 Å². The first-order valence-electron chi connectivity index (χ1n) is 6.76. The number of ether oxygens (including phenoxy) is 2. The Balaban J connectivity index is 2.55. The maximum atomic E-state index is 12.4. The summed E-state index contributed by atoms with van der Waals surface area (Å²) in [5.41, 5.74) is -3.57. The van der Waals surface area contributed by atoms with Crippen LogP contribution in [0.15, 0.2) is 12.7 Å². The molecule has 0 spiro atoms. The van der Waals surface area contributed by atoms with Crippen LogP contribution in [0.3, 0.4) is 0 Å². The van der Waals surface area contributed by atoms with Crippen LogP contribution >= 0.6 is 0 Å². The molecule has 1 saturated carbocycles. The lowest BCUT2D eigenvalue weighted by molar-refractivity contribution is -0.190. The molecule has 1 amide bonds. The average Bonchev–Trinajstić information content (AvgIpc) is 2.60. The molecule has 21 heavy (non-hydrogen) atoms. The molecule has 0 radical (unpaired) electrons. The van der Waals surface area contributed by atoms with Gasteiger partial charge in [-0.25, -0.2) is 4.79 Å². The first kappa shape index (κ1) is 15.2. The number of rotatable bonds is 5. The molecule has 1 heterocycles. The third-order valence-corrected chi connectivity index (χ3v) is 4.17. The van der Waals surface area contributed by atoms with E-state index in [1.165, 1.54) is 6.08 Å². The zero-order valence-electron chi connectivity index (χ0n) is 11.9. The van der Waals surface area contributed by atoms with E-state index in [-0.39, 0.29) is 19.6 Å². The number of ketones is 1. The van der Waals surface area contributed by atoms with Crippen molar-refractivity contribution in [2.75, 3.05) is 13.2 Å². The van der Waals surface area contributed by atoms with Crippen molar-refractivity contribution in [3.8, 4) is 0 Å². The van der Waals surface area contributed by atoms with E-state index in [0.29, 0.717) is 0 Å². The van der Waals surface area contributed by atoms with Crippen molar-refractivity contribution < 1.29 is 28.7 Å². The summed E-state index contributed by atoms with van der Waals surface area (Å²) in [6, 6.07) is 0. The van der Waals surface area contributed by atoms with Gasteiger partial charge in [-0.15, -0.1) is 6.58 Å². The van der Waals surface area contributed by atoms with Crippen LogP contribution in [0.2, 0.25) is 0 Å². The van der Waals surface area contributed by atoms with Crippen LogP contribution in [0.4, 0.5) is 0 Å². The van der Waals surface area contributed by atoms with E-state index in [1.807, 2.05) is 0 Å². The molecule has 0 aromatic carbocycles. The minimum atomic E-state index is -1.84. The van der Waals surface area contributed by atoms with E-state index in [9.17, 15) is 19.2 Å². The SMILES string of the molecule is C=C[C@H]1C[C@]2(C(=O)OCC)C(=O)C(=O)N[C@]12C(=O)OCC. The predicted octanol–water partition coefficient (Wildman–Crippen LogP) is -0.257. The van der Waals surface area contributed by atoms with E-state index in [4.69, 9.17) is 9.47 Å². The molecule has 2 rings (SSSR count). The number of fused-ring (bicyclic) bond motifs is 1. The van der Waals surface area contributed by atoms with Crippen LogP contribution in [0.5, 0.6) is 0 Å². The lowest BCUT2D eigenvalue weighted by atomic mass is 9.48. The predicted molar refractivity (Wildman–Crippen MR) is 69.9 cm³/mol. The Morgan fingerprint density at radius 3 is 2.38 bits per heavy atom. The Hall–Kier alpha value is -2.18. The van der Waals surface area contributed by atoms with Gasteiger partial charge < -0.3 is 14.8 Å². The van der Waals surface area contributed by atoms with Crippen molar-refractivity contribution in [2.24, 2.45) is 11.3 Å². The van der Waals surface area contributed by atoms with Crippen molar-refractivity contribution >= 4 is 23.6 Å². The first-order valence-corrected chi connectivity index (χ1v) is 6.76. The Morgan fingerprint density at radius 1 is 1.29 bits per heavy atom. The van der Waals surface area contributed by atoms with Gasteiger partial charge in [-0.1, -0.05) is 6.08 Å². The van der Waals surface area contributed by atoms with E-state index in [0.717, 1.165) is 0 Å². The highest BCUT2D eigenvalue weighted by Crippen LogP contribution is 2.59. The largest absolute Gasteiger partial charge is 0.465 e. The van der Waals surface area contributed by atoms with Gasteiger partial charge in [-0.05, 0) is 20.3 Å². The van der Waals surface area contributed by atoms with Gasteiger partial charge >= 0.3 is 11.9 Å². The highest BCUT2D eigenvalue weighted by Gasteiger charge is 2.83. The molecule has 0 bridgehead atoms. The molecule has 2 aliphatic rings. The molecule has 1 aliphatic heterocycles. The summed E-state index contributed by atoms with van der Waals surface area (Å²) in [6.07, 6.45) is 1.44. The molecule has 0 aromatic rings. The lowest BCUT2D eigenvalue weighted by Crippen LogP contribution is -2.75. The lowest BCUT2D eigenvalue weighted by Gasteiger charge is -2.53. The first-order chi connectivity index (χ1) is 9.92. The summed E-state index contributed by atoms with van der Waals surface area (Å²) in [5, 5.41) is 2.35. The molecule has 7 nitrogen and oxygen atoms in total. The Kier molecular flexibility index (Phi) is 3.61. The summed E-state index contributed by atoms with van der Waals surface area (Å²) in [7, 11) is 0. The summed E-state index contributed by atoms with van der Waals surface area (Å²) >= 11 is 0. The van der Waals surface area contributed by atoms with Crippen LogP contribution in [0.1, 0.15) is 20.3 Å². The van der Waals surface area contributed by atoms with E-state index in [1.54, 1.807) is 13.8 Å². The van der Waals surface area contributed by atoms with Crippen molar-refractivity contribution in [3.63, 3.8) is 0 Å². The number of hydrogen-bond donors (Lipinski definition) is 1. The molecular weight excluding hydrogens is 278 g/mol. The maximum Gasteiger partial charge on any atom is 0.334 e. The van der Waals surface area contributed by atoms with Crippen LogP contribution in [-0.4, -0.2) is 42.4 Å². The molecule has 0 aromatic heterocycles. The second kappa shape index (κ2) is 4.98. The topological polar surface area (TPSA) is 98.8 Å². The van der Waals surface area contributed by atoms with E-state index >= 15 is 0 Å². The third-order valence-electron chi connectivity index (χ3n) is 4.17. The molecule has 3 atom stereocenters. The van der Waals surface area contributed by atoms with Gasteiger partial charge in [0.1, 0.15) is 0 Å². The Labute approximate surface area is 121 Å². The minimum absolute atomic E-state index is 0.00568. The summed E-state index contributed by atoms with van der Waals surface area (Å²) in [4.78, 5) is 48.7. The maximum absolute atomic E-state index is 12.4. The van der Waals surface area contributed by atoms with Gasteiger partial charge in [0.05, 0.1) is 13.2 Å². The average molecular weight is 295 g/mol. The fourth-order valence-electron chi connectivity index (χ4n) is 3.20. The van der Waals surface area contributed by atoms with Crippen LogP contribution in [0, 0.1) is 11.3 Å². The number of carbonyl (C=O) groups is 4. The number of carbonyl (C=O) groups excluding carboxylic acids is 4. The second-order valence-electron chi connectivity index (χ2n) is 4.98. The molecule has 114 valence electrons. The van der Waals surface area contributed by atoms with Crippen molar-refractivity contribution in [1.29, 1.82) is 0 Å². The number of esters is 2. The van der Waals surface area contributed by atoms with Crippen molar-refractivity contribution in [3.05, 3.63) is 12.7 Å². The van der Waals surface area contributed by atoms with Gasteiger partial charge in [0.15, 0.2) is 11.0 Å². The molecule has 7 heteroatoms. The number of nitrogens with one attached hydrogen (secondary N) is 1. The van der Waals surface area contributed by atoms with Gasteiger partial charge in [-0.2, -0.15) is 0 Å². The van der Waals surface area contributed by atoms with Crippen LogP contribution in [-0.2, 0) is 28.7 Å². The van der Waals surface area contributed by atoms with Crippen molar-refractivity contribution in [2.45, 2.75) is 25.8 Å². The molecule has 1 N–H and O–H groups in total. The number of Topliss-reactive ketones (excluding diaryl/α,β-unsaturated/α-hetero) is 1. The van der Waals surface area contributed by atoms with Gasteiger partial charge in [-0.3, -0.25) is 14.4 Å². The summed E-state index contributed by atoms with van der Waals surface area (Å²) < 4.78 is 9.89. The monoisotopic (exact) mass is 295 g/mol. The second-order valence-corrected chi connectivity index (χ2v) is 4.98.